The molecular formula is C29H33N5O6S. The molecule has 3 heterocycles. The molecule has 0 aliphatic carbocycles. The highest BCUT2D eigenvalue weighted by molar-refractivity contribution is 7.09. The molecular weight excluding hydrogens is 546 g/mol. The van der Waals surface area contributed by atoms with Crippen molar-refractivity contribution in [1.82, 2.24) is 25.2 Å². The zero-order valence-corrected chi connectivity index (χ0v) is 24.1. The number of methoxy groups -OCH3 is 3. The lowest BCUT2D eigenvalue weighted by molar-refractivity contribution is -0.142. The molecule has 0 radical (unpaired) electrons. The standard InChI is InChI=1S/C29H33N5O6S/c1-37-24-14-19(15-25(38-2)28(24)39-3)27(29(36)30-16-20-8-6-12-40-20)33(17-21-9-7-13-41-21)26(35)18-34-23-11-5-4-10-22(23)31-32-34/h4-5,7,9-11,13-15,20,27H,6,8,12,16-18H2,1-3H3,(H,30,36)/t20-,27-/m0/s1. The van der Waals surface area contributed by atoms with Gasteiger partial charge in [0.2, 0.25) is 17.6 Å². The van der Waals surface area contributed by atoms with Crippen molar-refractivity contribution in [3.8, 4) is 17.2 Å². The van der Waals surface area contributed by atoms with Crippen LogP contribution in [0, 0.1) is 0 Å². The van der Waals surface area contributed by atoms with E-state index in [4.69, 9.17) is 18.9 Å². The minimum Gasteiger partial charge on any atom is -0.493 e. The van der Waals surface area contributed by atoms with E-state index >= 15 is 0 Å². The summed E-state index contributed by atoms with van der Waals surface area (Å²) in [6.07, 6.45) is 1.75. The molecule has 0 bridgehead atoms. The molecule has 0 saturated carbocycles. The van der Waals surface area contributed by atoms with Crippen molar-refractivity contribution in [2.75, 3.05) is 34.5 Å². The molecule has 0 unspecified atom stereocenters. The minimum atomic E-state index is -1.02. The zero-order valence-electron chi connectivity index (χ0n) is 23.2. The molecule has 1 fully saturated rings. The zero-order chi connectivity index (χ0) is 28.8. The molecule has 2 atom stereocenters. The summed E-state index contributed by atoms with van der Waals surface area (Å²) in [4.78, 5) is 30.7. The Morgan fingerprint density at radius 2 is 1.90 bits per heavy atom. The highest BCUT2D eigenvalue weighted by Crippen LogP contribution is 2.41. The number of nitrogens with one attached hydrogen (secondary N) is 1. The number of ether oxygens (including phenoxy) is 4. The molecule has 1 N–H and O–H groups in total. The number of hydrogen-bond acceptors (Lipinski definition) is 9. The number of nitrogens with zero attached hydrogens (tertiary/aromatic N) is 4. The molecule has 11 nitrogen and oxygen atoms in total. The molecule has 1 saturated heterocycles. The Balaban J connectivity index is 1.56. The van der Waals surface area contributed by atoms with Gasteiger partial charge in [-0.2, -0.15) is 0 Å². The average molecular weight is 580 g/mol. The van der Waals surface area contributed by atoms with E-state index in [1.54, 1.807) is 21.7 Å². The first-order valence-electron chi connectivity index (χ1n) is 13.3. The monoisotopic (exact) mass is 579 g/mol. The van der Waals surface area contributed by atoms with Crippen LogP contribution < -0.4 is 19.5 Å². The molecule has 216 valence electrons. The van der Waals surface area contributed by atoms with Crippen LogP contribution in [0.5, 0.6) is 17.2 Å². The summed E-state index contributed by atoms with van der Waals surface area (Å²) in [6.45, 7) is 1.11. The van der Waals surface area contributed by atoms with Crippen molar-refractivity contribution in [3.05, 3.63) is 64.4 Å². The number of amides is 2. The Morgan fingerprint density at radius 1 is 1.12 bits per heavy atom. The number of hydrogen-bond donors (Lipinski definition) is 1. The van der Waals surface area contributed by atoms with Gasteiger partial charge in [0.05, 0.1) is 39.5 Å². The number of rotatable bonds is 12. The number of carbonyl (C=O) groups excluding carboxylic acids is 2. The minimum absolute atomic E-state index is 0.0671. The van der Waals surface area contributed by atoms with Gasteiger partial charge in [-0.1, -0.05) is 23.4 Å². The van der Waals surface area contributed by atoms with E-state index in [1.165, 1.54) is 32.7 Å². The summed E-state index contributed by atoms with van der Waals surface area (Å²) in [7, 11) is 4.54. The van der Waals surface area contributed by atoms with E-state index in [1.807, 2.05) is 41.8 Å². The summed E-state index contributed by atoms with van der Waals surface area (Å²) in [5.74, 6) is 0.500. The van der Waals surface area contributed by atoms with Gasteiger partial charge < -0.3 is 29.2 Å². The quantitative estimate of drug-likeness (QED) is 0.271. The fourth-order valence-electron chi connectivity index (χ4n) is 5.00. The molecule has 4 aromatic rings. The van der Waals surface area contributed by atoms with Crippen LogP contribution in [-0.2, 0) is 27.4 Å². The number of fused-ring (bicyclic) bond motifs is 1. The largest absolute Gasteiger partial charge is 0.493 e. The van der Waals surface area contributed by atoms with Crippen LogP contribution in [0.1, 0.15) is 29.3 Å². The first-order valence-corrected chi connectivity index (χ1v) is 14.2. The van der Waals surface area contributed by atoms with Gasteiger partial charge in [-0.05, 0) is 54.1 Å². The van der Waals surface area contributed by atoms with Gasteiger partial charge in [-0.25, -0.2) is 4.68 Å². The number of carbonyl (C=O) groups is 2. The van der Waals surface area contributed by atoms with E-state index in [-0.39, 0.29) is 31.0 Å². The molecule has 1 aliphatic heterocycles. The average Bonchev–Trinajstić information content (AvgIpc) is 3.78. The van der Waals surface area contributed by atoms with Crippen LogP contribution in [0.2, 0.25) is 0 Å². The van der Waals surface area contributed by atoms with Gasteiger partial charge in [-0.3, -0.25) is 9.59 Å². The van der Waals surface area contributed by atoms with Gasteiger partial charge in [0, 0.05) is 18.0 Å². The molecule has 5 rings (SSSR count). The van der Waals surface area contributed by atoms with E-state index in [0.717, 1.165) is 23.2 Å². The maximum absolute atomic E-state index is 14.1. The van der Waals surface area contributed by atoms with Gasteiger partial charge in [-0.15, -0.1) is 16.4 Å². The lowest BCUT2D eigenvalue weighted by Gasteiger charge is -2.32. The van der Waals surface area contributed by atoms with Crippen molar-refractivity contribution in [2.45, 2.75) is 38.1 Å². The van der Waals surface area contributed by atoms with Crippen molar-refractivity contribution in [2.24, 2.45) is 0 Å². The molecule has 2 aromatic heterocycles. The van der Waals surface area contributed by atoms with Crippen molar-refractivity contribution in [3.63, 3.8) is 0 Å². The Labute approximate surface area is 241 Å². The summed E-state index contributed by atoms with van der Waals surface area (Å²) in [5.41, 5.74) is 1.92. The first-order chi connectivity index (χ1) is 20.0. The fraction of sp³-hybridized carbons (Fsp3) is 0.379. The van der Waals surface area contributed by atoms with Gasteiger partial charge in [0.1, 0.15) is 18.1 Å². The number of benzene rings is 2. The van der Waals surface area contributed by atoms with E-state index in [9.17, 15) is 9.59 Å². The van der Waals surface area contributed by atoms with Crippen LogP contribution in [0.4, 0.5) is 0 Å². The van der Waals surface area contributed by atoms with Crippen LogP contribution in [0.25, 0.3) is 11.0 Å². The van der Waals surface area contributed by atoms with Gasteiger partial charge in [0.25, 0.3) is 0 Å². The Bertz CT molecular complexity index is 1460. The summed E-state index contributed by atoms with van der Waals surface area (Å²) < 4.78 is 24.0. The third-order valence-electron chi connectivity index (χ3n) is 7.02. The third-order valence-corrected chi connectivity index (χ3v) is 7.88. The molecule has 2 amide bonds. The number of aromatic nitrogens is 3. The molecule has 0 spiro atoms. The Kier molecular flexibility index (Phi) is 9.00. The molecule has 41 heavy (non-hydrogen) atoms. The lowest BCUT2D eigenvalue weighted by Crippen LogP contribution is -2.46. The fourth-order valence-corrected chi connectivity index (χ4v) is 5.70. The van der Waals surface area contributed by atoms with Crippen molar-refractivity contribution >= 4 is 34.2 Å². The summed E-state index contributed by atoms with van der Waals surface area (Å²) in [6, 6.07) is 13.7. The Morgan fingerprint density at radius 3 is 2.56 bits per heavy atom. The van der Waals surface area contributed by atoms with Crippen LogP contribution in [0.3, 0.4) is 0 Å². The molecule has 2 aromatic carbocycles. The number of para-hydroxylation sites is 1. The maximum atomic E-state index is 14.1. The van der Waals surface area contributed by atoms with Crippen molar-refractivity contribution in [1.29, 1.82) is 0 Å². The van der Waals surface area contributed by atoms with E-state index in [0.29, 0.717) is 41.5 Å². The van der Waals surface area contributed by atoms with Gasteiger partial charge >= 0.3 is 0 Å². The van der Waals surface area contributed by atoms with Crippen LogP contribution in [0.15, 0.2) is 53.9 Å². The highest BCUT2D eigenvalue weighted by atomic mass is 32.1. The second-order valence-electron chi connectivity index (χ2n) is 9.58. The van der Waals surface area contributed by atoms with E-state index < -0.39 is 6.04 Å². The SMILES string of the molecule is COc1cc([C@@H](C(=O)NC[C@@H]2CCCO2)N(Cc2cccs2)C(=O)Cn2nnc3ccccc32)cc(OC)c1OC. The molecule has 1 aliphatic rings. The topological polar surface area (TPSA) is 117 Å². The van der Waals surface area contributed by atoms with Crippen molar-refractivity contribution < 1.29 is 28.5 Å². The van der Waals surface area contributed by atoms with Gasteiger partial charge in [0.15, 0.2) is 11.5 Å². The lowest BCUT2D eigenvalue weighted by atomic mass is 10.0. The highest BCUT2D eigenvalue weighted by Gasteiger charge is 2.34. The predicted molar refractivity (Wildman–Crippen MR) is 153 cm³/mol. The first kappa shape index (κ1) is 28.4. The summed E-state index contributed by atoms with van der Waals surface area (Å²) in [5, 5.41) is 13.4. The Hall–Kier alpha value is -4.16. The predicted octanol–water partition coefficient (Wildman–Crippen LogP) is 3.58. The number of thiophene rings is 1. The maximum Gasteiger partial charge on any atom is 0.247 e. The van der Waals surface area contributed by atoms with Crippen LogP contribution in [-0.4, -0.2) is 72.3 Å². The molecule has 12 heteroatoms. The second-order valence-corrected chi connectivity index (χ2v) is 10.6. The summed E-state index contributed by atoms with van der Waals surface area (Å²) >= 11 is 1.51. The second kappa shape index (κ2) is 13.0. The normalized spacial score (nSPS) is 15.4. The third kappa shape index (κ3) is 6.28. The van der Waals surface area contributed by atoms with E-state index in [2.05, 4.69) is 15.6 Å². The smallest absolute Gasteiger partial charge is 0.247 e. The van der Waals surface area contributed by atoms with Crippen LogP contribution >= 0.6 is 11.3 Å².